The Kier molecular flexibility index (Phi) is 18.1. The van der Waals surface area contributed by atoms with Crippen LogP contribution in [0.15, 0.2) is 0 Å². The van der Waals surface area contributed by atoms with Crippen molar-refractivity contribution in [3.8, 4) is 0 Å². The van der Waals surface area contributed by atoms with Gasteiger partial charge in [-0.3, -0.25) is 9.59 Å². The van der Waals surface area contributed by atoms with E-state index in [1.807, 2.05) is 0 Å². The third-order valence-electron chi connectivity index (χ3n) is 11.1. The van der Waals surface area contributed by atoms with Gasteiger partial charge in [-0.1, -0.05) is 0 Å². The second-order valence-corrected chi connectivity index (χ2v) is 15.4. The molecule has 0 radical (unpaired) electrons. The summed E-state index contributed by atoms with van der Waals surface area (Å²) in [7, 11) is 0. The first-order valence-electron chi connectivity index (χ1n) is 19.6. The third-order valence-corrected chi connectivity index (χ3v) is 11.1. The van der Waals surface area contributed by atoms with Gasteiger partial charge in [0.1, 0.15) is 122 Å². The van der Waals surface area contributed by atoms with Crippen LogP contribution in [-0.4, -0.2) is 275 Å². The number of ether oxygens (including phenoxy) is 9. The second-order valence-electron chi connectivity index (χ2n) is 15.4. The highest BCUT2D eigenvalue weighted by atomic mass is 16.8. The maximum Gasteiger partial charge on any atom is 0.217 e. The molecule has 0 spiro atoms. The molecule has 1 unspecified atom stereocenters. The van der Waals surface area contributed by atoms with Crippen LogP contribution in [0.1, 0.15) is 13.8 Å². The van der Waals surface area contributed by atoms with Gasteiger partial charge in [-0.25, -0.2) is 0 Å². The van der Waals surface area contributed by atoms with Crippen LogP contribution < -0.4 is 10.6 Å². The molecule has 5 rings (SSSR count). The van der Waals surface area contributed by atoms with Gasteiger partial charge in [0, 0.05) is 13.8 Å². The quantitative estimate of drug-likeness (QED) is 0.0725. The number of aliphatic hydroxyl groups excluding tert-OH is 15. The largest absolute Gasteiger partial charge is 0.394 e. The van der Waals surface area contributed by atoms with E-state index < -0.39 is 198 Å². The van der Waals surface area contributed by atoms with E-state index in [-0.39, 0.29) is 0 Å². The Hall–Kier alpha value is -2.02. The summed E-state index contributed by atoms with van der Waals surface area (Å²) in [4.78, 5) is 24.4. The Balaban J connectivity index is 1.37. The normalized spacial score (nSPS) is 49.0. The van der Waals surface area contributed by atoms with Crippen LogP contribution in [0.25, 0.3) is 0 Å². The summed E-state index contributed by atoms with van der Waals surface area (Å²) in [5.74, 6) is -1.54. The lowest BCUT2D eigenvalue weighted by molar-refractivity contribution is -0.384. The average molecular weight is 911 g/mol. The van der Waals surface area contributed by atoms with E-state index in [1.165, 1.54) is 0 Å². The minimum atomic E-state index is -2.11. The smallest absolute Gasteiger partial charge is 0.217 e. The molecule has 28 nitrogen and oxygen atoms in total. The topological polar surface area (TPSA) is 445 Å². The van der Waals surface area contributed by atoms with E-state index in [2.05, 4.69) is 10.6 Å². The van der Waals surface area contributed by atoms with Crippen molar-refractivity contribution in [2.45, 2.75) is 167 Å². The maximum atomic E-state index is 12.5. The molecule has 0 bridgehead atoms. The van der Waals surface area contributed by atoms with Crippen molar-refractivity contribution < 1.29 is 129 Å². The van der Waals surface area contributed by atoms with Crippen molar-refractivity contribution in [2.75, 3.05) is 33.0 Å². The van der Waals surface area contributed by atoms with Gasteiger partial charge >= 0.3 is 0 Å². The summed E-state index contributed by atoms with van der Waals surface area (Å²) >= 11 is 0. The predicted molar refractivity (Wildman–Crippen MR) is 190 cm³/mol. The van der Waals surface area contributed by atoms with Gasteiger partial charge in [-0.15, -0.1) is 0 Å². The number of carbonyl (C=O) groups excluding carboxylic acids is 2. The standard InChI is InChI=1S/C34H58N2O26/c1-8(42)35-15-21(48)26(59-33-25(52)29(20(47)13(6-40)56-33)62-32-23(50)22(49)17(44)10(3-37)55-32)14(7-41)58-31(15)61-28-19(46)12(5-39)57-34(24(28)51)60-27-16(36-9(2)43)30(53)54-11(4-38)18(27)45/h10-34,37-41,44-53H,3-7H2,1-2H3,(H,35,42)(H,36,43)/t10-,11-,12-,13-,14-,15-,16-,17+,18+,19+,20+,21-,22+,23-,24-,25-,26-,27-,28+,29+,30?,31+,32+,33+,34+/m1/s1. The molecule has 0 aromatic carbocycles. The van der Waals surface area contributed by atoms with E-state index >= 15 is 0 Å². The Bertz CT molecular complexity index is 1440. The summed E-state index contributed by atoms with van der Waals surface area (Å²) in [5, 5.41) is 163. The fourth-order valence-electron chi connectivity index (χ4n) is 7.83. The first-order chi connectivity index (χ1) is 29.3. The Morgan fingerprint density at radius 2 is 0.742 bits per heavy atom. The highest BCUT2D eigenvalue weighted by molar-refractivity contribution is 5.73. The zero-order valence-corrected chi connectivity index (χ0v) is 33.2. The Labute approximate surface area is 351 Å². The number of hydrogen-bond donors (Lipinski definition) is 17. The van der Waals surface area contributed by atoms with Gasteiger partial charge in [0.2, 0.25) is 11.8 Å². The predicted octanol–water partition coefficient (Wildman–Crippen LogP) is -11.6. The molecular weight excluding hydrogens is 852 g/mol. The summed E-state index contributed by atoms with van der Waals surface area (Å²) in [6, 6.07) is -3.27. The van der Waals surface area contributed by atoms with E-state index in [4.69, 9.17) is 42.6 Å². The first kappa shape index (κ1) is 51.0. The highest BCUT2D eigenvalue weighted by Gasteiger charge is 2.57. The fraction of sp³-hybridized carbons (Fsp3) is 0.941. The van der Waals surface area contributed by atoms with Crippen LogP contribution in [-0.2, 0) is 52.2 Å². The molecule has 0 aromatic rings. The van der Waals surface area contributed by atoms with Crippen molar-refractivity contribution in [3.05, 3.63) is 0 Å². The van der Waals surface area contributed by atoms with Crippen molar-refractivity contribution in [3.63, 3.8) is 0 Å². The number of carbonyl (C=O) groups is 2. The van der Waals surface area contributed by atoms with Crippen LogP contribution in [0, 0.1) is 0 Å². The number of nitrogens with one attached hydrogen (secondary N) is 2. The molecule has 0 aliphatic carbocycles. The number of rotatable bonds is 15. The van der Waals surface area contributed by atoms with E-state index in [1.54, 1.807) is 0 Å². The van der Waals surface area contributed by atoms with Crippen molar-refractivity contribution in [1.29, 1.82) is 0 Å². The molecular formula is C34H58N2O26. The summed E-state index contributed by atoms with van der Waals surface area (Å²) in [5.41, 5.74) is 0. The van der Waals surface area contributed by atoms with Gasteiger partial charge in [0.15, 0.2) is 31.5 Å². The maximum absolute atomic E-state index is 12.5. The molecule has 2 amide bonds. The zero-order valence-electron chi connectivity index (χ0n) is 33.2. The minimum Gasteiger partial charge on any atom is -0.394 e. The molecule has 0 saturated carbocycles. The van der Waals surface area contributed by atoms with Crippen LogP contribution in [0.2, 0.25) is 0 Å². The highest BCUT2D eigenvalue weighted by Crippen LogP contribution is 2.35. The number of amides is 2. The molecule has 62 heavy (non-hydrogen) atoms. The van der Waals surface area contributed by atoms with Gasteiger partial charge in [-0.2, -0.15) is 0 Å². The van der Waals surface area contributed by atoms with Gasteiger partial charge in [0.05, 0.1) is 33.0 Å². The van der Waals surface area contributed by atoms with Crippen LogP contribution in [0.3, 0.4) is 0 Å². The van der Waals surface area contributed by atoms with Gasteiger partial charge < -0.3 is 130 Å². The molecule has 360 valence electrons. The Morgan fingerprint density at radius 3 is 1.21 bits per heavy atom. The van der Waals surface area contributed by atoms with Crippen molar-refractivity contribution in [2.24, 2.45) is 0 Å². The molecule has 5 fully saturated rings. The van der Waals surface area contributed by atoms with E-state index in [0.29, 0.717) is 0 Å². The molecule has 28 heteroatoms. The lowest BCUT2D eigenvalue weighted by atomic mass is 9.94. The molecule has 5 heterocycles. The SMILES string of the molecule is CC(=O)N[C@H]1[C@H](O[C@H]2[C@@H](O)[C@@H](CO)O[C@@H](O[C@H]3[C@@H](O)[C@@H](CO)OC(O)[C@@H]3NC(C)=O)[C@@H]2O)O[C@H](CO)[C@@H](O[C@@H]2O[C@H](CO)[C@H](O)[C@H](O[C@@H]3O[C@H](CO)[C@H](O)[C@H](O)[C@H]3O)[C@H]2O)[C@@H]1O. The lowest BCUT2D eigenvalue weighted by Crippen LogP contribution is -2.70. The minimum absolute atomic E-state index is 0.717. The third kappa shape index (κ3) is 10.8. The number of hydrogen-bond acceptors (Lipinski definition) is 26. The second kappa shape index (κ2) is 22.0. The van der Waals surface area contributed by atoms with Gasteiger partial charge in [0.25, 0.3) is 0 Å². The van der Waals surface area contributed by atoms with Crippen LogP contribution in [0.4, 0.5) is 0 Å². The van der Waals surface area contributed by atoms with Crippen molar-refractivity contribution in [1.82, 2.24) is 10.6 Å². The lowest BCUT2D eigenvalue weighted by Gasteiger charge is -2.50. The summed E-state index contributed by atoms with van der Waals surface area (Å²) in [6.07, 6.45) is -42.4. The molecule has 5 saturated heterocycles. The van der Waals surface area contributed by atoms with Crippen LogP contribution >= 0.6 is 0 Å². The number of aliphatic hydroxyl groups is 15. The molecule has 17 N–H and O–H groups in total. The Morgan fingerprint density at radius 1 is 0.387 bits per heavy atom. The fourth-order valence-corrected chi connectivity index (χ4v) is 7.83. The molecule has 5 aliphatic rings. The van der Waals surface area contributed by atoms with Crippen LogP contribution in [0.5, 0.6) is 0 Å². The first-order valence-corrected chi connectivity index (χ1v) is 19.6. The van der Waals surface area contributed by atoms with E-state index in [0.717, 1.165) is 13.8 Å². The van der Waals surface area contributed by atoms with Crippen molar-refractivity contribution >= 4 is 11.8 Å². The zero-order chi connectivity index (χ0) is 45.9. The van der Waals surface area contributed by atoms with E-state index in [9.17, 15) is 86.2 Å². The average Bonchev–Trinajstić information content (AvgIpc) is 3.23. The molecule has 0 aromatic heterocycles. The van der Waals surface area contributed by atoms with Gasteiger partial charge in [-0.05, 0) is 0 Å². The summed E-state index contributed by atoms with van der Waals surface area (Å²) in [6.45, 7) is -2.51. The monoisotopic (exact) mass is 910 g/mol. The molecule has 25 atom stereocenters. The summed E-state index contributed by atoms with van der Waals surface area (Å²) < 4.78 is 50.5. The molecule has 5 aliphatic heterocycles.